The topological polar surface area (TPSA) is 105 Å². The Bertz CT molecular complexity index is 801. The summed E-state index contributed by atoms with van der Waals surface area (Å²) >= 11 is 0. The number of nitrogens with two attached hydrogens (primary N) is 1. The third kappa shape index (κ3) is 6.15. The van der Waals surface area contributed by atoms with E-state index in [0.29, 0.717) is 44.1 Å². The number of morpholine rings is 1. The molecule has 162 valence electrons. The Morgan fingerprint density at radius 2 is 1.90 bits per heavy atom. The first kappa shape index (κ1) is 22.0. The molecule has 1 aromatic rings. The van der Waals surface area contributed by atoms with Gasteiger partial charge >= 0.3 is 0 Å². The Balaban J connectivity index is 1.63. The maximum Gasteiger partial charge on any atom is 0.253 e. The minimum absolute atomic E-state index is 0.0536. The van der Waals surface area contributed by atoms with E-state index >= 15 is 0 Å². The number of sulfonamides is 1. The number of nitrogens with zero attached hydrogens (tertiary/aromatic N) is 2. The van der Waals surface area contributed by atoms with Gasteiger partial charge in [0.1, 0.15) is 0 Å². The van der Waals surface area contributed by atoms with Gasteiger partial charge in [-0.15, -0.1) is 0 Å². The molecule has 2 aliphatic rings. The van der Waals surface area contributed by atoms with Crippen LogP contribution in [0.3, 0.4) is 0 Å². The number of carbonyl (C=O) groups is 1. The highest BCUT2D eigenvalue weighted by atomic mass is 32.2. The number of amides is 1. The summed E-state index contributed by atoms with van der Waals surface area (Å²) in [4.78, 5) is 17.3. The van der Waals surface area contributed by atoms with E-state index in [2.05, 4.69) is 17.1 Å². The number of rotatable bonds is 7. The van der Waals surface area contributed by atoms with Crippen molar-refractivity contribution in [3.05, 3.63) is 23.8 Å². The van der Waals surface area contributed by atoms with Crippen LogP contribution >= 0.6 is 0 Å². The second-order valence-electron chi connectivity index (χ2n) is 7.96. The van der Waals surface area contributed by atoms with Crippen molar-refractivity contribution in [1.82, 2.24) is 10.2 Å². The Kier molecular flexibility index (Phi) is 7.50. The predicted molar refractivity (Wildman–Crippen MR) is 113 cm³/mol. The number of nitrogens with one attached hydrogen (secondary N) is 1. The molecule has 0 bridgehead atoms. The molecule has 0 saturated carbocycles. The summed E-state index contributed by atoms with van der Waals surface area (Å²) in [6, 6.07) is 4.49. The van der Waals surface area contributed by atoms with Crippen LogP contribution in [0.4, 0.5) is 5.69 Å². The number of piperidine rings is 1. The lowest BCUT2D eigenvalue weighted by Gasteiger charge is -2.31. The van der Waals surface area contributed by atoms with E-state index in [1.54, 1.807) is 6.07 Å². The van der Waals surface area contributed by atoms with Gasteiger partial charge in [0.05, 0.1) is 23.7 Å². The molecule has 0 aliphatic carbocycles. The van der Waals surface area contributed by atoms with Crippen LogP contribution in [0.2, 0.25) is 0 Å². The standard InChI is InChI=1S/C20H32N4O4S/c1-16-5-9-23(10-6-16)8-2-7-22-20(25)18-15-17(29(21,26)27)3-4-19(18)24-11-13-28-14-12-24/h3-4,15-16H,2,5-14H2,1H3,(H,22,25)(H2,21,26,27). The number of ether oxygens (including phenoxy) is 1. The number of primary sulfonamides is 1. The van der Waals surface area contributed by atoms with Crippen molar-refractivity contribution in [3.63, 3.8) is 0 Å². The number of benzene rings is 1. The Hall–Kier alpha value is -1.68. The van der Waals surface area contributed by atoms with E-state index in [1.807, 2.05) is 4.90 Å². The van der Waals surface area contributed by atoms with E-state index in [9.17, 15) is 13.2 Å². The predicted octanol–water partition coefficient (Wildman–Crippen LogP) is 1.02. The lowest BCUT2D eigenvalue weighted by Crippen LogP contribution is -2.38. The van der Waals surface area contributed by atoms with Gasteiger partial charge in [0.15, 0.2) is 0 Å². The molecule has 2 aliphatic heterocycles. The second-order valence-corrected chi connectivity index (χ2v) is 9.52. The summed E-state index contributed by atoms with van der Waals surface area (Å²) in [7, 11) is -3.88. The lowest BCUT2D eigenvalue weighted by atomic mass is 9.99. The Morgan fingerprint density at radius 3 is 2.55 bits per heavy atom. The largest absolute Gasteiger partial charge is 0.378 e. The average molecular weight is 425 g/mol. The number of anilines is 1. The SMILES string of the molecule is CC1CCN(CCCNC(=O)c2cc(S(N)(=O)=O)ccc2N2CCOCC2)CC1. The molecule has 0 aromatic heterocycles. The van der Waals surface area contributed by atoms with Crippen molar-refractivity contribution in [2.75, 3.05) is 57.4 Å². The van der Waals surface area contributed by atoms with E-state index in [1.165, 1.54) is 25.0 Å². The zero-order valence-corrected chi connectivity index (χ0v) is 17.9. The fraction of sp³-hybridized carbons (Fsp3) is 0.650. The van der Waals surface area contributed by atoms with Crippen LogP contribution in [0.15, 0.2) is 23.1 Å². The molecule has 2 fully saturated rings. The van der Waals surface area contributed by atoms with Crippen molar-refractivity contribution < 1.29 is 17.9 Å². The van der Waals surface area contributed by atoms with Crippen LogP contribution in [0.1, 0.15) is 36.5 Å². The first-order valence-electron chi connectivity index (χ1n) is 10.3. The molecule has 3 N–H and O–H groups in total. The molecule has 0 unspecified atom stereocenters. The zero-order chi connectivity index (χ0) is 20.9. The zero-order valence-electron chi connectivity index (χ0n) is 17.1. The molecule has 29 heavy (non-hydrogen) atoms. The van der Waals surface area contributed by atoms with Gasteiger partial charge in [-0.1, -0.05) is 6.92 Å². The van der Waals surface area contributed by atoms with Crippen LogP contribution in [-0.4, -0.2) is 71.7 Å². The molecule has 2 saturated heterocycles. The van der Waals surface area contributed by atoms with Crippen molar-refractivity contribution in [1.29, 1.82) is 0 Å². The van der Waals surface area contributed by atoms with Crippen LogP contribution in [-0.2, 0) is 14.8 Å². The molecule has 2 heterocycles. The molecular weight excluding hydrogens is 392 g/mol. The highest BCUT2D eigenvalue weighted by molar-refractivity contribution is 7.89. The van der Waals surface area contributed by atoms with Gasteiger partial charge < -0.3 is 19.9 Å². The van der Waals surface area contributed by atoms with E-state index in [4.69, 9.17) is 9.88 Å². The fourth-order valence-electron chi connectivity index (χ4n) is 3.84. The maximum absolute atomic E-state index is 12.9. The van der Waals surface area contributed by atoms with Crippen molar-refractivity contribution in [2.45, 2.75) is 31.1 Å². The first-order chi connectivity index (χ1) is 13.8. The molecule has 0 atom stereocenters. The van der Waals surface area contributed by atoms with Crippen molar-refractivity contribution >= 4 is 21.6 Å². The lowest BCUT2D eigenvalue weighted by molar-refractivity contribution is 0.0949. The third-order valence-corrected chi connectivity index (χ3v) is 6.62. The van der Waals surface area contributed by atoms with Crippen LogP contribution in [0.25, 0.3) is 0 Å². The minimum Gasteiger partial charge on any atom is -0.378 e. The highest BCUT2D eigenvalue weighted by Crippen LogP contribution is 2.25. The summed E-state index contributed by atoms with van der Waals surface area (Å²) in [6.07, 6.45) is 3.33. The molecule has 8 nitrogen and oxygen atoms in total. The smallest absolute Gasteiger partial charge is 0.253 e. The Labute approximate surface area is 173 Å². The van der Waals surface area contributed by atoms with Gasteiger partial charge in [-0.05, 0) is 63.0 Å². The van der Waals surface area contributed by atoms with E-state index in [0.717, 1.165) is 32.0 Å². The normalized spacial score (nSPS) is 19.3. The monoisotopic (exact) mass is 424 g/mol. The number of likely N-dealkylation sites (tertiary alicyclic amines) is 1. The van der Waals surface area contributed by atoms with Gasteiger partial charge in [-0.25, -0.2) is 13.6 Å². The maximum atomic E-state index is 12.9. The molecular formula is C20H32N4O4S. The second kappa shape index (κ2) is 9.88. The number of carbonyl (C=O) groups excluding carboxylic acids is 1. The number of hydrogen-bond donors (Lipinski definition) is 2. The van der Waals surface area contributed by atoms with Crippen LogP contribution in [0.5, 0.6) is 0 Å². The molecule has 9 heteroatoms. The van der Waals surface area contributed by atoms with Gasteiger partial charge in [0.2, 0.25) is 10.0 Å². The van der Waals surface area contributed by atoms with E-state index < -0.39 is 10.0 Å². The van der Waals surface area contributed by atoms with Gasteiger partial charge in [0, 0.05) is 25.3 Å². The van der Waals surface area contributed by atoms with Crippen LogP contribution in [0, 0.1) is 5.92 Å². The number of hydrogen-bond acceptors (Lipinski definition) is 6. The summed E-state index contributed by atoms with van der Waals surface area (Å²) in [5.74, 6) is 0.528. The fourth-order valence-corrected chi connectivity index (χ4v) is 4.38. The Morgan fingerprint density at radius 1 is 1.21 bits per heavy atom. The molecule has 1 aromatic carbocycles. The summed E-state index contributed by atoms with van der Waals surface area (Å²) < 4.78 is 28.9. The van der Waals surface area contributed by atoms with Crippen LogP contribution < -0.4 is 15.4 Å². The van der Waals surface area contributed by atoms with Crippen molar-refractivity contribution in [2.24, 2.45) is 11.1 Å². The molecule has 3 rings (SSSR count). The summed E-state index contributed by atoms with van der Waals surface area (Å²) in [5, 5.41) is 8.22. The third-order valence-electron chi connectivity index (χ3n) is 5.71. The van der Waals surface area contributed by atoms with Gasteiger partial charge in [-0.3, -0.25) is 4.79 Å². The van der Waals surface area contributed by atoms with E-state index in [-0.39, 0.29) is 10.8 Å². The molecule has 0 spiro atoms. The quantitative estimate of drug-likeness (QED) is 0.634. The minimum atomic E-state index is -3.88. The highest BCUT2D eigenvalue weighted by Gasteiger charge is 2.22. The average Bonchev–Trinajstić information content (AvgIpc) is 2.72. The summed E-state index contributed by atoms with van der Waals surface area (Å²) in [6.45, 7) is 8.50. The first-order valence-corrected chi connectivity index (χ1v) is 11.9. The van der Waals surface area contributed by atoms with Gasteiger partial charge in [-0.2, -0.15) is 0 Å². The summed E-state index contributed by atoms with van der Waals surface area (Å²) in [5.41, 5.74) is 1.05. The molecule has 1 amide bonds. The van der Waals surface area contributed by atoms with Crippen molar-refractivity contribution in [3.8, 4) is 0 Å². The van der Waals surface area contributed by atoms with Gasteiger partial charge in [0.25, 0.3) is 5.91 Å². The molecule has 0 radical (unpaired) electrons.